The number of carboxylic acid groups (broad SMARTS) is 1. The molecule has 0 unspecified atom stereocenters. The van der Waals surface area contributed by atoms with Crippen molar-refractivity contribution in [1.29, 1.82) is 0 Å². The van der Waals surface area contributed by atoms with Crippen LogP contribution in [0.15, 0.2) is 46.9 Å². The van der Waals surface area contributed by atoms with Crippen LogP contribution in [0.25, 0.3) is 0 Å². The van der Waals surface area contributed by atoms with Crippen molar-refractivity contribution in [3.63, 3.8) is 0 Å². The summed E-state index contributed by atoms with van der Waals surface area (Å²) < 4.78 is 1.66. The van der Waals surface area contributed by atoms with E-state index in [0.717, 1.165) is 8.04 Å². The van der Waals surface area contributed by atoms with Gasteiger partial charge >= 0.3 is 5.97 Å². The molecule has 0 heterocycles. The van der Waals surface area contributed by atoms with Crippen LogP contribution in [0.3, 0.4) is 0 Å². The number of nitrogens with one attached hydrogen (secondary N) is 1. The van der Waals surface area contributed by atoms with Crippen molar-refractivity contribution in [2.45, 2.75) is 0 Å². The molecule has 20 heavy (non-hydrogen) atoms. The molecule has 0 aliphatic heterocycles. The molecule has 0 atom stereocenters. The number of anilines is 1. The first kappa shape index (κ1) is 15.0. The van der Waals surface area contributed by atoms with Gasteiger partial charge in [-0.1, -0.05) is 15.9 Å². The smallest absolute Gasteiger partial charge is 0.335 e. The lowest BCUT2D eigenvalue weighted by molar-refractivity contribution is 0.0696. The molecule has 6 heteroatoms. The lowest BCUT2D eigenvalue weighted by atomic mass is 10.2. The van der Waals surface area contributed by atoms with Crippen LogP contribution in [0.2, 0.25) is 0 Å². The topological polar surface area (TPSA) is 66.4 Å². The van der Waals surface area contributed by atoms with Crippen LogP contribution in [-0.4, -0.2) is 17.0 Å². The van der Waals surface area contributed by atoms with E-state index in [1.54, 1.807) is 18.2 Å². The average Bonchev–Trinajstić information content (AvgIpc) is 2.42. The molecular formula is C14H9BrINO3. The summed E-state index contributed by atoms with van der Waals surface area (Å²) in [6, 6.07) is 11.5. The molecule has 0 aliphatic carbocycles. The predicted molar refractivity (Wildman–Crippen MR) is 88.2 cm³/mol. The third kappa shape index (κ3) is 3.57. The SMILES string of the molecule is O=C(O)c1ccc(NC(=O)c2cc(Br)ccc2I)cc1. The Bertz CT molecular complexity index is 671. The molecule has 0 saturated heterocycles. The number of benzene rings is 2. The van der Waals surface area contributed by atoms with Crippen molar-refractivity contribution in [2.24, 2.45) is 0 Å². The summed E-state index contributed by atoms with van der Waals surface area (Å²) in [7, 11) is 0. The molecule has 2 rings (SSSR count). The third-order valence-corrected chi connectivity index (χ3v) is 4.00. The lowest BCUT2D eigenvalue weighted by Crippen LogP contribution is -2.13. The lowest BCUT2D eigenvalue weighted by Gasteiger charge is -2.07. The van der Waals surface area contributed by atoms with Gasteiger partial charge in [0.05, 0.1) is 11.1 Å². The number of amides is 1. The van der Waals surface area contributed by atoms with Crippen LogP contribution in [-0.2, 0) is 0 Å². The van der Waals surface area contributed by atoms with Gasteiger partial charge in [-0.3, -0.25) is 4.79 Å². The van der Waals surface area contributed by atoms with Crippen molar-refractivity contribution >= 4 is 56.1 Å². The molecule has 0 aliphatic rings. The second kappa shape index (κ2) is 6.36. The summed E-state index contributed by atoms with van der Waals surface area (Å²) in [6.07, 6.45) is 0. The molecule has 4 nitrogen and oxygen atoms in total. The van der Waals surface area contributed by atoms with Crippen molar-refractivity contribution in [3.8, 4) is 0 Å². The second-order valence-electron chi connectivity index (χ2n) is 3.96. The van der Waals surface area contributed by atoms with E-state index in [2.05, 4.69) is 43.8 Å². The van der Waals surface area contributed by atoms with Crippen LogP contribution < -0.4 is 5.32 Å². The van der Waals surface area contributed by atoms with Gasteiger partial charge in [0, 0.05) is 13.7 Å². The van der Waals surface area contributed by atoms with Crippen LogP contribution in [0.4, 0.5) is 5.69 Å². The highest BCUT2D eigenvalue weighted by Gasteiger charge is 2.11. The summed E-state index contributed by atoms with van der Waals surface area (Å²) in [5, 5.41) is 11.5. The van der Waals surface area contributed by atoms with E-state index in [1.807, 2.05) is 12.1 Å². The fourth-order valence-corrected chi connectivity index (χ4v) is 2.51. The average molecular weight is 446 g/mol. The standard InChI is InChI=1S/C14H9BrINO3/c15-9-3-6-12(16)11(7-9)13(18)17-10-4-1-8(2-5-10)14(19)20/h1-7H,(H,17,18)(H,19,20). The van der Waals surface area contributed by atoms with Gasteiger partial charge in [0.25, 0.3) is 5.91 Å². The fourth-order valence-electron chi connectivity index (χ4n) is 1.57. The number of rotatable bonds is 3. The van der Waals surface area contributed by atoms with Crippen molar-refractivity contribution in [3.05, 3.63) is 61.6 Å². The minimum Gasteiger partial charge on any atom is -0.478 e. The highest BCUT2D eigenvalue weighted by Crippen LogP contribution is 2.20. The minimum atomic E-state index is -0.996. The zero-order chi connectivity index (χ0) is 14.7. The molecule has 0 saturated carbocycles. The Morgan fingerprint density at radius 1 is 1.10 bits per heavy atom. The Labute approximate surface area is 137 Å². The zero-order valence-corrected chi connectivity index (χ0v) is 13.8. The second-order valence-corrected chi connectivity index (χ2v) is 6.04. The number of aromatic carboxylic acids is 1. The molecule has 1 amide bonds. The molecule has 0 bridgehead atoms. The summed E-state index contributed by atoms with van der Waals surface area (Å²) in [5.74, 6) is -1.23. The monoisotopic (exact) mass is 445 g/mol. The van der Waals surface area contributed by atoms with Gasteiger partial charge in [0.1, 0.15) is 0 Å². The molecule has 2 aromatic rings. The van der Waals surface area contributed by atoms with Crippen LogP contribution >= 0.6 is 38.5 Å². The molecule has 2 N–H and O–H groups in total. The Balaban J connectivity index is 2.19. The molecule has 2 aromatic carbocycles. The zero-order valence-electron chi connectivity index (χ0n) is 10.1. The van der Waals surface area contributed by atoms with E-state index >= 15 is 0 Å². The van der Waals surface area contributed by atoms with Crippen molar-refractivity contribution in [2.75, 3.05) is 5.32 Å². The van der Waals surface area contributed by atoms with Gasteiger partial charge in [-0.25, -0.2) is 4.79 Å². The number of carbonyl (C=O) groups is 2. The maximum absolute atomic E-state index is 12.2. The number of halogens is 2. The normalized spacial score (nSPS) is 10.1. The van der Waals surface area contributed by atoms with E-state index in [1.165, 1.54) is 12.1 Å². The fraction of sp³-hybridized carbons (Fsp3) is 0. The molecule has 0 radical (unpaired) electrons. The Kier molecular flexibility index (Phi) is 4.77. The van der Waals surface area contributed by atoms with Crippen molar-refractivity contribution in [1.82, 2.24) is 0 Å². The van der Waals surface area contributed by atoms with E-state index in [-0.39, 0.29) is 11.5 Å². The molecule has 0 spiro atoms. The largest absolute Gasteiger partial charge is 0.478 e. The molecular weight excluding hydrogens is 437 g/mol. The van der Waals surface area contributed by atoms with Gasteiger partial charge in [-0.15, -0.1) is 0 Å². The van der Waals surface area contributed by atoms with Crippen LogP contribution in [0.1, 0.15) is 20.7 Å². The number of carboxylic acids is 1. The summed E-state index contributed by atoms with van der Waals surface area (Å²) >= 11 is 5.42. The summed E-state index contributed by atoms with van der Waals surface area (Å²) in [4.78, 5) is 22.9. The maximum Gasteiger partial charge on any atom is 0.335 e. The van der Waals surface area contributed by atoms with Crippen LogP contribution in [0, 0.1) is 3.57 Å². The van der Waals surface area contributed by atoms with Gasteiger partial charge in [0.2, 0.25) is 0 Å². The Hall–Kier alpha value is -1.41. The van der Waals surface area contributed by atoms with Crippen LogP contribution in [0.5, 0.6) is 0 Å². The molecule has 102 valence electrons. The van der Waals surface area contributed by atoms with E-state index in [0.29, 0.717) is 11.3 Å². The van der Waals surface area contributed by atoms with Gasteiger partial charge in [-0.05, 0) is 65.1 Å². The predicted octanol–water partition coefficient (Wildman–Crippen LogP) is 4.00. The quantitative estimate of drug-likeness (QED) is 0.701. The Morgan fingerprint density at radius 2 is 1.75 bits per heavy atom. The van der Waals surface area contributed by atoms with E-state index in [9.17, 15) is 9.59 Å². The number of hydrogen-bond donors (Lipinski definition) is 2. The van der Waals surface area contributed by atoms with E-state index in [4.69, 9.17) is 5.11 Å². The van der Waals surface area contributed by atoms with E-state index < -0.39 is 5.97 Å². The summed E-state index contributed by atoms with van der Waals surface area (Å²) in [5.41, 5.74) is 1.29. The van der Waals surface area contributed by atoms with Gasteiger partial charge in [0.15, 0.2) is 0 Å². The summed E-state index contributed by atoms with van der Waals surface area (Å²) in [6.45, 7) is 0. The van der Waals surface area contributed by atoms with Crippen molar-refractivity contribution < 1.29 is 14.7 Å². The Morgan fingerprint density at radius 3 is 2.35 bits per heavy atom. The number of hydrogen-bond acceptors (Lipinski definition) is 2. The maximum atomic E-state index is 12.2. The first-order valence-corrected chi connectivity index (χ1v) is 7.44. The first-order chi connectivity index (χ1) is 9.47. The molecule has 0 fully saturated rings. The highest BCUT2D eigenvalue weighted by atomic mass is 127. The minimum absolute atomic E-state index is 0.181. The highest BCUT2D eigenvalue weighted by molar-refractivity contribution is 14.1. The van der Waals surface area contributed by atoms with Gasteiger partial charge in [-0.2, -0.15) is 0 Å². The van der Waals surface area contributed by atoms with Gasteiger partial charge < -0.3 is 10.4 Å². The number of carbonyl (C=O) groups excluding carboxylic acids is 1. The third-order valence-electron chi connectivity index (χ3n) is 2.56. The molecule has 0 aromatic heterocycles. The first-order valence-electron chi connectivity index (χ1n) is 5.57.